The SMILES string of the molecule is C=C1Oc2c(-c3cccc(-c4cccc(C(/C=C/C)=C/C=C\N)c4)c3)cccc2-c2ccccc2-c2ccccc21. The van der Waals surface area contributed by atoms with E-state index in [0.717, 1.165) is 61.4 Å². The normalized spacial score (nSPS) is 12.8. The molecule has 0 radical (unpaired) electrons. The molecule has 0 spiro atoms. The fraction of sp³-hybridized carbons (Fsp3) is 0.0256. The van der Waals surface area contributed by atoms with E-state index in [1.54, 1.807) is 6.20 Å². The van der Waals surface area contributed by atoms with Crippen LogP contribution in [0, 0.1) is 0 Å². The summed E-state index contributed by atoms with van der Waals surface area (Å²) >= 11 is 0. The van der Waals surface area contributed by atoms with Crippen LogP contribution in [0.5, 0.6) is 5.75 Å². The van der Waals surface area contributed by atoms with Crippen molar-refractivity contribution >= 4 is 11.3 Å². The van der Waals surface area contributed by atoms with Gasteiger partial charge < -0.3 is 10.5 Å². The summed E-state index contributed by atoms with van der Waals surface area (Å²) in [5, 5.41) is 0. The zero-order valence-corrected chi connectivity index (χ0v) is 23.0. The summed E-state index contributed by atoms with van der Waals surface area (Å²) in [7, 11) is 0. The van der Waals surface area contributed by atoms with Crippen LogP contribution in [-0.4, -0.2) is 0 Å². The Labute approximate surface area is 242 Å². The fourth-order valence-electron chi connectivity index (χ4n) is 5.51. The molecule has 6 rings (SSSR count). The number of nitrogens with two attached hydrogens (primary N) is 1. The van der Waals surface area contributed by atoms with Gasteiger partial charge in [-0.05, 0) is 75.8 Å². The van der Waals surface area contributed by atoms with Crippen LogP contribution in [0.2, 0.25) is 0 Å². The first-order chi connectivity index (χ1) is 20.2. The number of ether oxygens (including phenoxy) is 1. The maximum absolute atomic E-state index is 6.64. The van der Waals surface area contributed by atoms with E-state index in [1.807, 2.05) is 31.2 Å². The van der Waals surface area contributed by atoms with E-state index < -0.39 is 0 Å². The minimum Gasteiger partial charge on any atom is -0.456 e. The molecular formula is C39H31NO. The van der Waals surface area contributed by atoms with Crippen LogP contribution in [0.15, 0.2) is 152 Å². The second kappa shape index (κ2) is 11.4. The lowest BCUT2D eigenvalue weighted by atomic mass is 9.88. The summed E-state index contributed by atoms with van der Waals surface area (Å²) in [6.07, 6.45) is 9.57. The Balaban J connectivity index is 1.48. The number of hydrogen-bond acceptors (Lipinski definition) is 2. The molecule has 2 nitrogen and oxygen atoms in total. The van der Waals surface area contributed by atoms with Gasteiger partial charge in [0.1, 0.15) is 11.5 Å². The standard InChI is InChI=1S/C39H31NO/c1-3-12-28(17-11-24-40)29-13-8-14-30(25-29)31-15-9-16-32(26-31)34-22-10-23-38-37-21-7-6-20-36(37)35-19-5-4-18-33(35)27(2)41-39(34)38/h3-26H,2,40H2,1H3/b12-3+,24-11-,28-17+. The van der Waals surface area contributed by atoms with E-state index in [-0.39, 0.29) is 0 Å². The number of para-hydroxylation sites is 1. The molecule has 0 unspecified atom stereocenters. The topological polar surface area (TPSA) is 35.2 Å². The molecule has 0 saturated heterocycles. The van der Waals surface area contributed by atoms with Gasteiger partial charge in [0.15, 0.2) is 0 Å². The van der Waals surface area contributed by atoms with Crippen molar-refractivity contribution in [3.8, 4) is 50.3 Å². The van der Waals surface area contributed by atoms with Gasteiger partial charge in [-0.15, -0.1) is 0 Å². The van der Waals surface area contributed by atoms with Crippen LogP contribution in [-0.2, 0) is 0 Å². The van der Waals surface area contributed by atoms with Gasteiger partial charge in [0.25, 0.3) is 0 Å². The summed E-state index contributed by atoms with van der Waals surface area (Å²) in [6.45, 7) is 6.37. The van der Waals surface area contributed by atoms with E-state index in [2.05, 4.69) is 122 Å². The Bertz CT molecular complexity index is 1850. The van der Waals surface area contributed by atoms with E-state index in [4.69, 9.17) is 10.5 Å². The molecule has 198 valence electrons. The lowest BCUT2D eigenvalue weighted by Crippen LogP contribution is -2.03. The predicted molar refractivity (Wildman–Crippen MR) is 174 cm³/mol. The third kappa shape index (κ3) is 5.04. The number of benzene rings is 5. The van der Waals surface area contributed by atoms with Gasteiger partial charge in [0.2, 0.25) is 0 Å². The van der Waals surface area contributed by atoms with Crippen molar-refractivity contribution < 1.29 is 4.74 Å². The summed E-state index contributed by atoms with van der Waals surface area (Å²) in [5.41, 5.74) is 17.7. The molecule has 0 atom stereocenters. The Kier molecular flexibility index (Phi) is 7.21. The Morgan fingerprint density at radius 2 is 1.20 bits per heavy atom. The van der Waals surface area contributed by atoms with Gasteiger partial charge in [-0.2, -0.15) is 0 Å². The highest BCUT2D eigenvalue weighted by Crippen LogP contribution is 2.47. The maximum atomic E-state index is 6.64. The lowest BCUT2D eigenvalue weighted by molar-refractivity contribution is 0.520. The van der Waals surface area contributed by atoms with Crippen LogP contribution in [0.1, 0.15) is 18.1 Å². The number of allylic oxidation sites excluding steroid dienone is 5. The van der Waals surface area contributed by atoms with Gasteiger partial charge in [-0.3, -0.25) is 0 Å². The van der Waals surface area contributed by atoms with Gasteiger partial charge in [-0.25, -0.2) is 0 Å². The summed E-state index contributed by atoms with van der Waals surface area (Å²) in [4.78, 5) is 0. The molecule has 2 heteroatoms. The van der Waals surface area contributed by atoms with Crippen molar-refractivity contribution in [1.29, 1.82) is 0 Å². The maximum Gasteiger partial charge on any atom is 0.143 e. The Morgan fingerprint density at radius 3 is 1.93 bits per heavy atom. The highest BCUT2D eigenvalue weighted by molar-refractivity contribution is 5.95. The quantitative estimate of drug-likeness (QED) is 0.230. The lowest BCUT2D eigenvalue weighted by Gasteiger charge is -2.24. The molecule has 0 aliphatic carbocycles. The second-order valence-electron chi connectivity index (χ2n) is 9.97. The first-order valence-corrected chi connectivity index (χ1v) is 13.8. The zero-order chi connectivity index (χ0) is 28.2. The predicted octanol–water partition coefficient (Wildman–Crippen LogP) is 10.1. The van der Waals surface area contributed by atoms with E-state index >= 15 is 0 Å². The van der Waals surface area contributed by atoms with E-state index in [0.29, 0.717) is 5.76 Å². The molecule has 0 aromatic heterocycles. The van der Waals surface area contributed by atoms with Crippen molar-refractivity contribution in [2.45, 2.75) is 6.92 Å². The monoisotopic (exact) mass is 529 g/mol. The van der Waals surface area contributed by atoms with Crippen molar-refractivity contribution in [3.63, 3.8) is 0 Å². The molecule has 0 saturated carbocycles. The van der Waals surface area contributed by atoms with Crippen LogP contribution >= 0.6 is 0 Å². The average Bonchev–Trinajstić information content (AvgIpc) is 3.02. The average molecular weight is 530 g/mol. The highest BCUT2D eigenvalue weighted by atomic mass is 16.5. The third-order valence-electron chi connectivity index (χ3n) is 7.41. The fourth-order valence-corrected chi connectivity index (χ4v) is 5.51. The van der Waals surface area contributed by atoms with Crippen molar-refractivity contribution in [1.82, 2.24) is 0 Å². The van der Waals surface area contributed by atoms with Gasteiger partial charge in [0, 0.05) is 16.7 Å². The summed E-state index contributed by atoms with van der Waals surface area (Å²) in [6, 6.07) is 40.4. The minimum absolute atomic E-state index is 0.641. The van der Waals surface area contributed by atoms with Gasteiger partial charge >= 0.3 is 0 Å². The van der Waals surface area contributed by atoms with Gasteiger partial charge in [-0.1, -0.05) is 128 Å². The van der Waals surface area contributed by atoms with E-state index in [1.165, 1.54) is 5.56 Å². The molecular weight excluding hydrogens is 498 g/mol. The van der Waals surface area contributed by atoms with Crippen molar-refractivity contribution in [2.24, 2.45) is 5.73 Å². The molecule has 5 aromatic carbocycles. The van der Waals surface area contributed by atoms with Gasteiger partial charge in [0.05, 0.1) is 0 Å². The number of rotatable bonds is 5. The largest absolute Gasteiger partial charge is 0.456 e. The van der Waals surface area contributed by atoms with Crippen LogP contribution in [0.4, 0.5) is 0 Å². The zero-order valence-electron chi connectivity index (χ0n) is 23.0. The number of fused-ring (bicyclic) bond motifs is 5. The Morgan fingerprint density at radius 1 is 0.634 bits per heavy atom. The summed E-state index contributed by atoms with van der Waals surface area (Å²) in [5.74, 6) is 1.46. The molecule has 1 aliphatic heterocycles. The molecule has 0 amide bonds. The molecule has 5 aromatic rings. The smallest absolute Gasteiger partial charge is 0.143 e. The molecule has 0 fully saturated rings. The molecule has 0 bridgehead atoms. The molecule has 41 heavy (non-hydrogen) atoms. The molecule has 1 aliphatic rings. The van der Waals surface area contributed by atoms with Crippen molar-refractivity contribution in [2.75, 3.05) is 0 Å². The number of hydrogen-bond donors (Lipinski definition) is 1. The first-order valence-electron chi connectivity index (χ1n) is 13.8. The highest BCUT2D eigenvalue weighted by Gasteiger charge is 2.23. The van der Waals surface area contributed by atoms with E-state index in [9.17, 15) is 0 Å². The van der Waals surface area contributed by atoms with Crippen LogP contribution < -0.4 is 10.5 Å². The Hall–Kier alpha value is -5.34. The first kappa shape index (κ1) is 25.9. The minimum atomic E-state index is 0.641. The second-order valence-corrected chi connectivity index (χ2v) is 9.97. The third-order valence-corrected chi connectivity index (χ3v) is 7.41. The van der Waals surface area contributed by atoms with Crippen LogP contribution in [0.25, 0.3) is 55.8 Å². The molecule has 2 N–H and O–H groups in total. The summed E-state index contributed by atoms with van der Waals surface area (Å²) < 4.78 is 6.64. The molecule has 1 heterocycles. The van der Waals surface area contributed by atoms with Crippen molar-refractivity contribution in [3.05, 3.63) is 163 Å². The van der Waals surface area contributed by atoms with Crippen LogP contribution in [0.3, 0.4) is 0 Å².